The summed E-state index contributed by atoms with van der Waals surface area (Å²) in [6.45, 7) is 0. The largest absolute Gasteiger partial charge is 0.493 e. The SMILES string of the molecule is COc1ccc(C(Cl)c2cc(F)c(Br)cc2F)cc1OC. The van der Waals surface area contributed by atoms with Gasteiger partial charge < -0.3 is 9.47 Å². The fraction of sp³-hybridized carbons (Fsp3) is 0.200. The zero-order chi connectivity index (χ0) is 15.6. The minimum absolute atomic E-state index is 0.0555. The molecule has 0 saturated carbocycles. The van der Waals surface area contributed by atoms with Gasteiger partial charge in [-0.1, -0.05) is 6.07 Å². The topological polar surface area (TPSA) is 18.5 Å². The number of ether oxygens (including phenoxy) is 2. The number of hydrogen-bond acceptors (Lipinski definition) is 2. The molecule has 112 valence electrons. The van der Waals surface area contributed by atoms with Crippen molar-refractivity contribution < 1.29 is 18.3 Å². The Hall–Kier alpha value is -1.33. The molecule has 2 nitrogen and oxygen atoms in total. The molecule has 0 aliphatic heterocycles. The first-order valence-electron chi connectivity index (χ1n) is 5.98. The average molecular weight is 378 g/mol. The maximum Gasteiger partial charge on any atom is 0.161 e. The van der Waals surface area contributed by atoms with Crippen molar-refractivity contribution in [2.45, 2.75) is 5.38 Å². The molecule has 2 aromatic carbocycles. The number of benzene rings is 2. The van der Waals surface area contributed by atoms with Crippen molar-refractivity contribution in [3.8, 4) is 11.5 Å². The molecule has 0 aliphatic rings. The van der Waals surface area contributed by atoms with Crippen LogP contribution in [-0.4, -0.2) is 14.2 Å². The van der Waals surface area contributed by atoms with Gasteiger partial charge in [-0.05, 0) is 45.8 Å². The number of rotatable bonds is 4. The molecule has 1 unspecified atom stereocenters. The molecule has 0 radical (unpaired) electrons. The highest BCUT2D eigenvalue weighted by Crippen LogP contribution is 2.37. The molecule has 0 N–H and O–H groups in total. The van der Waals surface area contributed by atoms with Crippen molar-refractivity contribution >= 4 is 27.5 Å². The van der Waals surface area contributed by atoms with Crippen LogP contribution in [0.15, 0.2) is 34.8 Å². The summed E-state index contributed by atoms with van der Waals surface area (Å²) in [5.74, 6) is -0.151. The van der Waals surface area contributed by atoms with E-state index < -0.39 is 17.0 Å². The van der Waals surface area contributed by atoms with E-state index in [9.17, 15) is 8.78 Å². The minimum atomic E-state index is -0.840. The van der Waals surface area contributed by atoms with Crippen molar-refractivity contribution in [2.75, 3.05) is 14.2 Å². The van der Waals surface area contributed by atoms with Crippen molar-refractivity contribution in [2.24, 2.45) is 0 Å². The first-order chi connectivity index (χ1) is 9.97. The Morgan fingerprint density at radius 2 is 1.67 bits per heavy atom. The summed E-state index contributed by atoms with van der Waals surface area (Å²) in [7, 11) is 3.00. The molecule has 1 atom stereocenters. The van der Waals surface area contributed by atoms with Crippen LogP contribution >= 0.6 is 27.5 Å². The minimum Gasteiger partial charge on any atom is -0.493 e. The third kappa shape index (κ3) is 3.30. The molecule has 0 aliphatic carbocycles. The predicted octanol–water partition coefficient (Wildman–Crippen LogP) is 5.07. The lowest BCUT2D eigenvalue weighted by Crippen LogP contribution is -2.00. The van der Waals surface area contributed by atoms with Gasteiger partial charge in [0.15, 0.2) is 11.5 Å². The van der Waals surface area contributed by atoms with Crippen LogP contribution in [0.4, 0.5) is 8.78 Å². The molecule has 0 heterocycles. The van der Waals surface area contributed by atoms with Gasteiger partial charge in [0.25, 0.3) is 0 Å². The number of alkyl halides is 1. The Bertz CT molecular complexity index is 664. The van der Waals surface area contributed by atoms with E-state index in [2.05, 4.69) is 15.9 Å². The maximum absolute atomic E-state index is 14.0. The van der Waals surface area contributed by atoms with Crippen LogP contribution in [0.1, 0.15) is 16.5 Å². The van der Waals surface area contributed by atoms with Gasteiger partial charge in [0.2, 0.25) is 0 Å². The third-order valence-electron chi connectivity index (χ3n) is 3.01. The Kier molecular flexibility index (Phi) is 5.06. The highest BCUT2D eigenvalue weighted by Gasteiger charge is 2.19. The molecule has 0 amide bonds. The van der Waals surface area contributed by atoms with Crippen LogP contribution in [0.25, 0.3) is 0 Å². The Balaban J connectivity index is 2.45. The van der Waals surface area contributed by atoms with Gasteiger partial charge in [-0.3, -0.25) is 0 Å². The van der Waals surface area contributed by atoms with E-state index in [1.165, 1.54) is 14.2 Å². The first kappa shape index (κ1) is 16.0. The maximum atomic E-state index is 14.0. The zero-order valence-electron chi connectivity index (χ0n) is 11.3. The second-order valence-corrected chi connectivity index (χ2v) is 5.56. The second kappa shape index (κ2) is 6.62. The highest BCUT2D eigenvalue weighted by atomic mass is 79.9. The predicted molar refractivity (Wildman–Crippen MR) is 81.3 cm³/mol. The normalized spacial score (nSPS) is 12.1. The molecule has 6 heteroatoms. The van der Waals surface area contributed by atoms with Gasteiger partial charge in [-0.25, -0.2) is 8.78 Å². The summed E-state index contributed by atoms with van der Waals surface area (Å²) < 4.78 is 37.9. The molecule has 0 aromatic heterocycles. The third-order valence-corrected chi connectivity index (χ3v) is 4.11. The molecule has 2 rings (SSSR count). The van der Waals surface area contributed by atoms with Gasteiger partial charge in [-0.15, -0.1) is 11.6 Å². The molecule has 2 aromatic rings. The Labute approximate surface area is 134 Å². The van der Waals surface area contributed by atoms with E-state index in [-0.39, 0.29) is 10.0 Å². The lowest BCUT2D eigenvalue weighted by Gasteiger charge is -2.15. The van der Waals surface area contributed by atoms with Gasteiger partial charge in [0.05, 0.1) is 24.1 Å². The highest BCUT2D eigenvalue weighted by molar-refractivity contribution is 9.10. The fourth-order valence-corrected chi connectivity index (χ4v) is 2.54. The molecular formula is C15H12BrClF2O2. The van der Waals surface area contributed by atoms with E-state index in [4.69, 9.17) is 21.1 Å². The first-order valence-corrected chi connectivity index (χ1v) is 7.21. The zero-order valence-corrected chi connectivity index (χ0v) is 13.6. The van der Waals surface area contributed by atoms with E-state index in [1.807, 2.05) is 0 Å². The van der Waals surface area contributed by atoms with Gasteiger partial charge in [0, 0.05) is 5.56 Å². The van der Waals surface area contributed by atoms with E-state index in [1.54, 1.807) is 18.2 Å². The van der Waals surface area contributed by atoms with Crippen molar-refractivity contribution in [3.63, 3.8) is 0 Å². The molecule has 0 spiro atoms. The van der Waals surface area contributed by atoms with E-state index in [0.717, 1.165) is 12.1 Å². The Morgan fingerprint density at radius 3 is 2.29 bits per heavy atom. The lowest BCUT2D eigenvalue weighted by atomic mass is 10.0. The lowest BCUT2D eigenvalue weighted by molar-refractivity contribution is 0.354. The Morgan fingerprint density at radius 1 is 1.00 bits per heavy atom. The second-order valence-electron chi connectivity index (χ2n) is 4.26. The van der Waals surface area contributed by atoms with Crippen LogP contribution in [0.5, 0.6) is 11.5 Å². The summed E-state index contributed by atoms with van der Waals surface area (Å²) in [6, 6.07) is 7.11. The fourth-order valence-electron chi connectivity index (χ4n) is 1.92. The smallest absolute Gasteiger partial charge is 0.161 e. The molecular weight excluding hydrogens is 366 g/mol. The molecule has 0 saturated heterocycles. The van der Waals surface area contributed by atoms with Crippen LogP contribution in [0, 0.1) is 11.6 Å². The summed E-state index contributed by atoms with van der Waals surface area (Å²) in [4.78, 5) is 0. The molecule has 21 heavy (non-hydrogen) atoms. The van der Waals surface area contributed by atoms with E-state index >= 15 is 0 Å². The van der Waals surface area contributed by atoms with E-state index in [0.29, 0.717) is 17.1 Å². The standard InChI is InChI=1S/C15H12BrClF2O2/c1-20-13-4-3-8(5-14(13)21-2)15(17)9-6-12(19)10(16)7-11(9)18/h3-7,15H,1-2H3. The van der Waals surface area contributed by atoms with Crippen molar-refractivity contribution in [1.82, 2.24) is 0 Å². The monoisotopic (exact) mass is 376 g/mol. The van der Waals surface area contributed by atoms with Gasteiger partial charge in [0.1, 0.15) is 11.6 Å². The van der Waals surface area contributed by atoms with Crippen LogP contribution in [0.3, 0.4) is 0 Å². The van der Waals surface area contributed by atoms with Crippen molar-refractivity contribution in [3.05, 3.63) is 57.6 Å². The van der Waals surface area contributed by atoms with Crippen LogP contribution in [0.2, 0.25) is 0 Å². The quantitative estimate of drug-likeness (QED) is 0.547. The summed E-state index contributed by atoms with van der Waals surface area (Å²) in [5.41, 5.74) is 0.638. The summed E-state index contributed by atoms with van der Waals surface area (Å²) in [6.07, 6.45) is 0. The molecule has 0 fully saturated rings. The average Bonchev–Trinajstić information content (AvgIpc) is 2.49. The number of hydrogen-bond donors (Lipinski definition) is 0. The molecule has 0 bridgehead atoms. The van der Waals surface area contributed by atoms with Gasteiger partial charge in [-0.2, -0.15) is 0 Å². The van der Waals surface area contributed by atoms with Crippen LogP contribution in [-0.2, 0) is 0 Å². The summed E-state index contributed by atoms with van der Waals surface area (Å²) in [5, 5.41) is -0.840. The number of methoxy groups -OCH3 is 2. The van der Waals surface area contributed by atoms with Gasteiger partial charge >= 0.3 is 0 Å². The van der Waals surface area contributed by atoms with Crippen LogP contribution < -0.4 is 9.47 Å². The number of halogens is 4. The summed E-state index contributed by atoms with van der Waals surface area (Å²) >= 11 is 9.20. The van der Waals surface area contributed by atoms with Crippen molar-refractivity contribution in [1.29, 1.82) is 0 Å².